The smallest absolute Gasteiger partial charge is 0.412 e. The van der Waals surface area contributed by atoms with E-state index in [2.05, 4.69) is 0 Å². The highest BCUT2D eigenvalue weighted by molar-refractivity contribution is 5.72. The summed E-state index contributed by atoms with van der Waals surface area (Å²) in [7, 11) is 0. The van der Waals surface area contributed by atoms with Gasteiger partial charge in [0.15, 0.2) is 18.9 Å². The Morgan fingerprint density at radius 3 is 2.48 bits per heavy atom. The van der Waals surface area contributed by atoms with Gasteiger partial charge < -0.3 is 14.7 Å². The number of benzene rings is 1. The summed E-state index contributed by atoms with van der Waals surface area (Å²) in [6.45, 7) is 9.62. The molecule has 1 saturated heterocycles. The van der Waals surface area contributed by atoms with Gasteiger partial charge in [0.2, 0.25) is 0 Å². The molecule has 1 saturated carbocycles. The summed E-state index contributed by atoms with van der Waals surface area (Å²) < 4.78 is 12.9. The van der Waals surface area contributed by atoms with E-state index < -0.39 is 17.4 Å². The molecule has 1 amide bonds. The zero-order valence-electron chi connectivity index (χ0n) is 19.7. The van der Waals surface area contributed by atoms with Gasteiger partial charge in [0.25, 0.3) is 0 Å². The van der Waals surface area contributed by atoms with Crippen LogP contribution >= 0.6 is 0 Å². The lowest BCUT2D eigenvalue weighted by Gasteiger charge is -2.36. The van der Waals surface area contributed by atoms with Crippen LogP contribution in [-0.2, 0) is 16.0 Å². The molecule has 2 atom stereocenters. The first-order valence-corrected chi connectivity index (χ1v) is 11.6. The Labute approximate surface area is 186 Å². The van der Waals surface area contributed by atoms with Gasteiger partial charge in [-0.25, -0.2) is 9.53 Å². The number of ether oxygens (including phenoxy) is 2. The average Bonchev–Trinajstić information content (AvgIpc) is 2.91. The van der Waals surface area contributed by atoms with Gasteiger partial charge in [-0.05, 0) is 47.0 Å². The van der Waals surface area contributed by atoms with Crippen molar-refractivity contribution in [1.29, 1.82) is 0 Å². The van der Waals surface area contributed by atoms with E-state index in [0.29, 0.717) is 5.92 Å². The molecule has 0 radical (unpaired) electrons. The lowest BCUT2D eigenvalue weighted by atomic mass is 9.83. The molecule has 1 aliphatic heterocycles. The molecule has 6 nitrogen and oxygen atoms in total. The van der Waals surface area contributed by atoms with E-state index in [0.717, 1.165) is 29.6 Å². The zero-order valence-corrected chi connectivity index (χ0v) is 19.7. The van der Waals surface area contributed by atoms with Crippen molar-refractivity contribution in [1.82, 2.24) is 4.90 Å². The second kappa shape index (κ2) is 9.60. The molecule has 2 fully saturated rings. The Hall–Kier alpha value is -2.08. The van der Waals surface area contributed by atoms with Gasteiger partial charge in [0, 0.05) is 5.56 Å². The van der Waals surface area contributed by atoms with Crippen LogP contribution in [0.3, 0.4) is 0 Å². The molecule has 1 heterocycles. The Balaban J connectivity index is 1.84. The second-order valence-electron chi connectivity index (χ2n) is 10.4. The molecule has 1 aromatic rings. The maximum absolute atomic E-state index is 13.2. The molecule has 172 valence electrons. The quantitative estimate of drug-likeness (QED) is 0.269. The van der Waals surface area contributed by atoms with Gasteiger partial charge >= 0.3 is 6.09 Å². The molecule has 31 heavy (non-hydrogen) atoms. The molecular weight excluding hydrogens is 392 g/mol. The van der Waals surface area contributed by atoms with Crippen LogP contribution in [0.5, 0.6) is 0 Å². The lowest BCUT2D eigenvalue weighted by Crippen LogP contribution is -2.51. The van der Waals surface area contributed by atoms with Crippen LogP contribution in [-0.4, -0.2) is 45.4 Å². The number of hydroxylamine groups is 1. The number of carbonyl (C=O) groups is 1. The Morgan fingerprint density at radius 1 is 1.23 bits per heavy atom. The minimum Gasteiger partial charge on any atom is -0.624 e. The third-order valence-corrected chi connectivity index (χ3v) is 6.10. The zero-order chi connectivity index (χ0) is 22.6. The number of hydrogen-bond donors (Lipinski definition) is 0. The van der Waals surface area contributed by atoms with Crippen molar-refractivity contribution in [3.05, 3.63) is 41.1 Å². The van der Waals surface area contributed by atoms with Gasteiger partial charge in [-0.15, -0.1) is 0 Å². The molecule has 0 N–H and O–H groups in total. The molecule has 0 spiro atoms. The van der Waals surface area contributed by atoms with E-state index in [1.807, 2.05) is 65.0 Å². The first-order valence-electron chi connectivity index (χ1n) is 11.6. The van der Waals surface area contributed by atoms with Gasteiger partial charge in [-0.3, -0.25) is 4.90 Å². The minimum atomic E-state index is -0.851. The van der Waals surface area contributed by atoms with Crippen LogP contribution in [0.1, 0.15) is 78.7 Å². The van der Waals surface area contributed by atoms with E-state index in [9.17, 15) is 10.0 Å². The van der Waals surface area contributed by atoms with Gasteiger partial charge in [-0.2, -0.15) is 0 Å². The fourth-order valence-electron chi connectivity index (χ4n) is 4.79. The standard InChI is InChI=1S/C25H38N2O4/c1-24(2,3)31-23(28)27-21(16-19-12-8-6-9-13-19)22(30-25(27,4)5)18-26(29)17-20-14-10-7-11-15-20/h7,10-11,14-15,18-19,21-22H,6,8-9,12-13,16-17H2,1-5H3/b26-18-/t21-,22-/m0/s1. The van der Waals surface area contributed by atoms with Crippen molar-refractivity contribution < 1.29 is 19.0 Å². The van der Waals surface area contributed by atoms with Crippen molar-refractivity contribution in [2.45, 2.75) is 103 Å². The van der Waals surface area contributed by atoms with Gasteiger partial charge in [-0.1, -0.05) is 62.4 Å². The van der Waals surface area contributed by atoms with Crippen LogP contribution in [0.2, 0.25) is 0 Å². The third-order valence-electron chi connectivity index (χ3n) is 6.10. The number of carbonyl (C=O) groups excluding carboxylic acids is 1. The number of amides is 1. The molecule has 2 aliphatic rings. The summed E-state index contributed by atoms with van der Waals surface area (Å²) in [4.78, 5) is 14.9. The fraction of sp³-hybridized carbons (Fsp3) is 0.680. The molecule has 0 unspecified atom stereocenters. The SMILES string of the molecule is CC(C)(C)OC(=O)N1[C@@H](CC2CCCCC2)[C@H](/C=[N+](\[O-])Cc2ccccc2)OC1(C)C. The number of nitrogens with zero attached hydrogens (tertiary/aromatic N) is 2. The normalized spacial score (nSPS) is 24.9. The largest absolute Gasteiger partial charge is 0.624 e. The molecule has 1 aromatic carbocycles. The van der Waals surface area contributed by atoms with E-state index in [1.54, 1.807) is 11.1 Å². The monoisotopic (exact) mass is 430 g/mol. The Morgan fingerprint density at radius 2 is 1.87 bits per heavy atom. The fourth-order valence-corrected chi connectivity index (χ4v) is 4.79. The van der Waals surface area contributed by atoms with Crippen molar-refractivity contribution in [2.75, 3.05) is 0 Å². The predicted octanol–water partition coefficient (Wildman–Crippen LogP) is 5.48. The first-order chi connectivity index (χ1) is 14.5. The van der Waals surface area contributed by atoms with Crippen molar-refractivity contribution in [3.8, 4) is 0 Å². The summed E-state index contributed by atoms with van der Waals surface area (Å²) in [6.07, 6.45) is 7.64. The summed E-state index contributed by atoms with van der Waals surface area (Å²) in [5, 5.41) is 12.8. The minimum absolute atomic E-state index is 0.222. The highest BCUT2D eigenvalue weighted by atomic mass is 16.6. The third kappa shape index (κ3) is 6.45. The predicted molar refractivity (Wildman–Crippen MR) is 122 cm³/mol. The van der Waals surface area contributed by atoms with Crippen LogP contribution in [0, 0.1) is 11.1 Å². The van der Waals surface area contributed by atoms with Crippen LogP contribution < -0.4 is 0 Å². The van der Waals surface area contributed by atoms with E-state index in [-0.39, 0.29) is 18.7 Å². The lowest BCUT2D eigenvalue weighted by molar-refractivity contribution is -0.473. The van der Waals surface area contributed by atoms with E-state index in [4.69, 9.17) is 9.47 Å². The second-order valence-corrected chi connectivity index (χ2v) is 10.4. The van der Waals surface area contributed by atoms with Crippen molar-refractivity contribution >= 4 is 12.3 Å². The molecule has 0 aromatic heterocycles. The number of hydrogen-bond acceptors (Lipinski definition) is 4. The van der Waals surface area contributed by atoms with E-state index >= 15 is 0 Å². The molecule has 1 aliphatic carbocycles. The Kier molecular flexibility index (Phi) is 7.30. The van der Waals surface area contributed by atoms with Gasteiger partial charge in [0.1, 0.15) is 11.3 Å². The molecular formula is C25H38N2O4. The topological polar surface area (TPSA) is 64.8 Å². The summed E-state index contributed by atoms with van der Waals surface area (Å²) >= 11 is 0. The maximum atomic E-state index is 13.2. The highest BCUT2D eigenvalue weighted by Crippen LogP contribution is 2.38. The van der Waals surface area contributed by atoms with Crippen LogP contribution in [0.15, 0.2) is 30.3 Å². The average molecular weight is 431 g/mol. The highest BCUT2D eigenvalue weighted by Gasteiger charge is 2.52. The van der Waals surface area contributed by atoms with Gasteiger partial charge in [0.05, 0.1) is 6.04 Å². The van der Waals surface area contributed by atoms with E-state index in [1.165, 1.54) is 19.3 Å². The summed E-state index contributed by atoms with van der Waals surface area (Å²) in [5.74, 6) is 0.534. The first kappa shape index (κ1) is 23.6. The Bertz CT molecular complexity index is 763. The number of rotatable bonds is 5. The molecule has 3 rings (SSSR count). The summed E-state index contributed by atoms with van der Waals surface area (Å²) in [6, 6.07) is 9.43. The molecule has 6 heteroatoms. The van der Waals surface area contributed by atoms with Crippen molar-refractivity contribution in [2.24, 2.45) is 5.92 Å². The molecule has 0 bridgehead atoms. The van der Waals surface area contributed by atoms with Crippen LogP contribution in [0.4, 0.5) is 4.79 Å². The summed E-state index contributed by atoms with van der Waals surface area (Å²) in [5.41, 5.74) is -0.502. The maximum Gasteiger partial charge on any atom is 0.412 e. The van der Waals surface area contributed by atoms with Crippen LogP contribution in [0.25, 0.3) is 0 Å². The van der Waals surface area contributed by atoms with Crippen molar-refractivity contribution in [3.63, 3.8) is 0 Å².